The number of rotatable bonds is 11. The van der Waals surface area contributed by atoms with Crippen LogP contribution in [0.2, 0.25) is 0 Å². The molecule has 5 aromatic rings. The molecule has 2 N–H and O–H groups in total. The Morgan fingerprint density at radius 2 is 1.60 bits per heavy atom. The summed E-state index contributed by atoms with van der Waals surface area (Å²) in [7, 11) is 3.13. The lowest BCUT2D eigenvalue weighted by atomic mass is 10.1. The lowest BCUT2D eigenvalue weighted by molar-refractivity contribution is -0.118. The summed E-state index contributed by atoms with van der Waals surface area (Å²) in [6, 6.07) is 25.5. The molecule has 0 atom stereocenters. The summed E-state index contributed by atoms with van der Waals surface area (Å²) in [4.78, 5) is 34.0. The number of allylic oxidation sites excluding steroid dienone is 1. The van der Waals surface area contributed by atoms with E-state index in [-0.39, 0.29) is 18.3 Å². The van der Waals surface area contributed by atoms with Gasteiger partial charge in [0, 0.05) is 28.4 Å². The highest BCUT2D eigenvalue weighted by atomic mass is 16.5. The number of hydrogen-bond donors (Lipinski definition) is 2. The van der Waals surface area contributed by atoms with E-state index in [0.29, 0.717) is 39.5 Å². The maximum Gasteiger partial charge on any atom is 0.262 e. The number of carbonyl (C=O) groups is 2. The molecule has 0 fully saturated rings. The average molecular weight is 575 g/mol. The van der Waals surface area contributed by atoms with Crippen LogP contribution in [0.5, 0.6) is 17.2 Å². The van der Waals surface area contributed by atoms with Gasteiger partial charge in [-0.05, 0) is 73.2 Å². The van der Waals surface area contributed by atoms with Crippen molar-refractivity contribution in [1.29, 1.82) is 0 Å². The maximum absolute atomic E-state index is 12.7. The first-order valence-corrected chi connectivity index (χ1v) is 13.5. The van der Waals surface area contributed by atoms with Crippen LogP contribution in [0.25, 0.3) is 17.0 Å². The Balaban J connectivity index is 1.23. The zero-order chi connectivity index (χ0) is 30.2. The Kier molecular flexibility index (Phi) is 8.92. The minimum Gasteiger partial charge on any atom is -0.497 e. The molecular weight excluding hydrogens is 544 g/mol. The van der Waals surface area contributed by atoms with Gasteiger partial charge in [0.2, 0.25) is 0 Å². The van der Waals surface area contributed by atoms with E-state index < -0.39 is 0 Å². The summed E-state index contributed by atoms with van der Waals surface area (Å²) in [6.07, 6.45) is 4.78. The second-order valence-corrected chi connectivity index (χ2v) is 9.62. The van der Waals surface area contributed by atoms with Crippen molar-refractivity contribution in [2.24, 2.45) is 0 Å². The molecule has 1 heterocycles. The number of amides is 1. The predicted octanol–water partition coefficient (Wildman–Crippen LogP) is 6.61. The van der Waals surface area contributed by atoms with Crippen molar-refractivity contribution in [3.8, 4) is 17.2 Å². The van der Waals surface area contributed by atoms with E-state index in [2.05, 4.69) is 20.6 Å². The van der Waals surface area contributed by atoms with E-state index in [1.54, 1.807) is 49.6 Å². The highest BCUT2D eigenvalue weighted by Crippen LogP contribution is 2.35. The van der Waals surface area contributed by atoms with Gasteiger partial charge in [-0.1, -0.05) is 35.9 Å². The van der Waals surface area contributed by atoms with Gasteiger partial charge in [0.15, 0.2) is 23.9 Å². The number of nitrogens with zero attached hydrogens (tertiary/aromatic N) is 2. The Bertz CT molecular complexity index is 1780. The molecule has 0 saturated carbocycles. The van der Waals surface area contributed by atoms with E-state index in [1.165, 1.54) is 19.5 Å². The molecule has 43 heavy (non-hydrogen) atoms. The molecule has 0 radical (unpaired) electrons. The Hall–Kier alpha value is -5.70. The molecule has 0 spiro atoms. The molecule has 5 rings (SSSR count). The Morgan fingerprint density at radius 3 is 2.33 bits per heavy atom. The van der Waals surface area contributed by atoms with Crippen molar-refractivity contribution >= 4 is 45.9 Å². The summed E-state index contributed by atoms with van der Waals surface area (Å²) in [5.74, 6) is 1.59. The van der Waals surface area contributed by atoms with E-state index in [4.69, 9.17) is 14.2 Å². The first kappa shape index (κ1) is 28.8. The van der Waals surface area contributed by atoms with Gasteiger partial charge in [0.1, 0.15) is 17.9 Å². The number of hydrogen-bond acceptors (Lipinski definition) is 8. The van der Waals surface area contributed by atoms with E-state index in [9.17, 15) is 9.59 Å². The van der Waals surface area contributed by atoms with E-state index in [0.717, 1.165) is 22.6 Å². The number of benzene rings is 4. The molecule has 216 valence electrons. The molecule has 0 unspecified atom stereocenters. The number of ketones is 1. The first-order chi connectivity index (χ1) is 20.9. The van der Waals surface area contributed by atoms with Crippen LogP contribution in [-0.2, 0) is 4.79 Å². The van der Waals surface area contributed by atoms with Crippen molar-refractivity contribution in [2.75, 3.05) is 31.5 Å². The van der Waals surface area contributed by atoms with Gasteiger partial charge in [0.05, 0.1) is 19.7 Å². The number of carbonyl (C=O) groups excluding carboxylic acids is 2. The third-order valence-electron chi connectivity index (χ3n) is 6.55. The molecule has 0 aliphatic heterocycles. The van der Waals surface area contributed by atoms with Crippen LogP contribution in [0.15, 0.2) is 97.3 Å². The molecule has 0 saturated heterocycles. The summed E-state index contributed by atoms with van der Waals surface area (Å²) in [6.45, 7) is 1.74. The molecule has 9 nitrogen and oxygen atoms in total. The van der Waals surface area contributed by atoms with Gasteiger partial charge in [-0.3, -0.25) is 9.59 Å². The van der Waals surface area contributed by atoms with Crippen molar-refractivity contribution < 1.29 is 23.8 Å². The largest absolute Gasteiger partial charge is 0.497 e. The minimum absolute atomic E-state index is 0.129. The zero-order valence-electron chi connectivity index (χ0n) is 24.0. The molecule has 4 aromatic carbocycles. The average Bonchev–Trinajstić information content (AvgIpc) is 3.03. The van der Waals surface area contributed by atoms with Crippen LogP contribution in [0, 0.1) is 6.92 Å². The fourth-order valence-corrected chi connectivity index (χ4v) is 4.35. The van der Waals surface area contributed by atoms with Gasteiger partial charge in [-0.2, -0.15) is 0 Å². The third kappa shape index (κ3) is 7.34. The van der Waals surface area contributed by atoms with Gasteiger partial charge in [-0.25, -0.2) is 9.97 Å². The predicted molar refractivity (Wildman–Crippen MR) is 167 cm³/mol. The highest BCUT2D eigenvalue weighted by Gasteiger charge is 2.14. The standard InChI is InChI=1S/C34H30N4O5/c1-22-5-4-6-23(17-22)7-16-30(39)24-8-10-25(11-9-24)37-33(40)20-43-32-18-28-29(19-31(32)42-3)35-21-36-34(28)38-26-12-14-27(41-2)15-13-26/h4-19,21H,20H2,1-3H3,(H,37,40)(H,35,36,38)/b16-7+. The lowest BCUT2D eigenvalue weighted by Gasteiger charge is -2.14. The van der Waals surface area contributed by atoms with Gasteiger partial charge in [0.25, 0.3) is 5.91 Å². The van der Waals surface area contributed by atoms with Gasteiger partial charge >= 0.3 is 0 Å². The molecule has 0 bridgehead atoms. The molecule has 1 aromatic heterocycles. The minimum atomic E-state index is -0.374. The van der Waals surface area contributed by atoms with Gasteiger partial charge < -0.3 is 24.8 Å². The van der Waals surface area contributed by atoms with Gasteiger partial charge in [-0.15, -0.1) is 0 Å². The van der Waals surface area contributed by atoms with Crippen molar-refractivity contribution in [1.82, 2.24) is 9.97 Å². The quantitative estimate of drug-likeness (QED) is 0.134. The number of aromatic nitrogens is 2. The maximum atomic E-state index is 12.7. The lowest BCUT2D eigenvalue weighted by Crippen LogP contribution is -2.20. The fraction of sp³-hybridized carbons (Fsp3) is 0.118. The number of nitrogens with one attached hydrogen (secondary N) is 2. The first-order valence-electron chi connectivity index (χ1n) is 13.5. The van der Waals surface area contributed by atoms with Crippen LogP contribution >= 0.6 is 0 Å². The summed E-state index contributed by atoms with van der Waals surface area (Å²) in [5, 5.41) is 6.76. The van der Waals surface area contributed by atoms with Crippen molar-refractivity contribution in [3.05, 3.63) is 114 Å². The van der Waals surface area contributed by atoms with Crippen molar-refractivity contribution in [2.45, 2.75) is 6.92 Å². The summed E-state index contributed by atoms with van der Waals surface area (Å²) >= 11 is 0. The third-order valence-corrected chi connectivity index (χ3v) is 6.55. The van der Waals surface area contributed by atoms with Crippen molar-refractivity contribution in [3.63, 3.8) is 0 Å². The normalized spacial score (nSPS) is 10.9. The number of anilines is 3. The molecule has 1 amide bonds. The Morgan fingerprint density at radius 1 is 0.837 bits per heavy atom. The summed E-state index contributed by atoms with van der Waals surface area (Å²) < 4.78 is 16.6. The smallest absolute Gasteiger partial charge is 0.262 e. The van der Waals surface area contributed by atoms with Crippen LogP contribution < -0.4 is 24.8 Å². The fourth-order valence-electron chi connectivity index (χ4n) is 4.35. The highest BCUT2D eigenvalue weighted by molar-refractivity contribution is 6.07. The van der Waals surface area contributed by atoms with E-state index >= 15 is 0 Å². The number of aryl methyl sites for hydroxylation is 1. The second-order valence-electron chi connectivity index (χ2n) is 9.62. The van der Waals surface area contributed by atoms with Crippen LogP contribution in [0.3, 0.4) is 0 Å². The van der Waals surface area contributed by atoms with Crippen LogP contribution in [-0.4, -0.2) is 42.5 Å². The number of methoxy groups -OCH3 is 2. The van der Waals surface area contributed by atoms with E-state index in [1.807, 2.05) is 55.5 Å². The monoisotopic (exact) mass is 574 g/mol. The van der Waals surface area contributed by atoms with Crippen LogP contribution in [0.4, 0.5) is 17.2 Å². The molecule has 0 aliphatic rings. The molecular formula is C34H30N4O5. The topological polar surface area (TPSA) is 112 Å². The second kappa shape index (κ2) is 13.3. The molecule has 9 heteroatoms. The SMILES string of the molecule is COc1ccc(Nc2ncnc3cc(OC)c(OCC(=O)Nc4ccc(C(=O)/C=C/c5cccc(C)c5)cc4)cc23)cc1. The Labute approximate surface area is 249 Å². The van der Waals surface area contributed by atoms with Crippen LogP contribution in [0.1, 0.15) is 21.5 Å². The summed E-state index contributed by atoms with van der Waals surface area (Å²) in [5.41, 5.74) is 4.59. The number of fused-ring (bicyclic) bond motifs is 1. The molecule has 0 aliphatic carbocycles. The number of ether oxygens (including phenoxy) is 3. The zero-order valence-corrected chi connectivity index (χ0v) is 24.0.